The van der Waals surface area contributed by atoms with Crippen molar-refractivity contribution in [3.8, 4) is 5.75 Å². The molecule has 106 valence electrons. The van der Waals surface area contributed by atoms with E-state index in [-0.39, 0.29) is 5.41 Å². The molecule has 0 spiro atoms. The number of likely N-dealkylation sites (tertiary alicyclic amines) is 1. The third-order valence-corrected chi connectivity index (χ3v) is 4.01. The van der Waals surface area contributed by atoms with E-state index in [0.29, 0.717) is 6.04 Å². The van der Waals surface area contributed by atoms with Crippen LogP contribution in [0.5, 0.6) is 5.75 Å². The number of ether oxygens (including phenoxy) is 1. The number of benzene rings is 1. The van der Waals surface area contributed by atoms with E-state index in [1.54, 1.807) is 0 Å². The quantitative estimate of drug-likeness (QED) is 0.906. The highest BCUT2D eigenvalue weighted by atomic mass is 16.5. The summed E-state index contributed by atoms with van der Waals surface area (Å²) in [6.07, 6.45) is 1.08. The molecule has 1 fully saturated rings. The van der Waals surface area contributed by atoms with Gasteiger partial charge in [0.1, 0.15) is 5.75 Å². The van der Waals surface area contributed by atoms with Gasteiger partial charge in [-0.3, -0.25) is 4.90 Å². The summed E-state index contributed by atoms with van der Waals surface area (Å²) in [4.78, 5) is 2.49. The van der Waals surface area contributed by atoms with Crippen LogP contribution < -0.4 is 10.5 Å². The molecule has 0 amide bonds. The van der Waals surface area contributed by atoms with Crippen LogP contribution in [0.15, 0.2) is 24.3 Å². The van der Waals surface area contributed by atoms with Gasteiger partial charge in [-0.05, 0) is 36.5 Å². The summed E-state index contributed by atoms with van der Waals surface area (Å²) in [5, 5.41) is 0. The second-order valence-electron chi connectivity index (χ2n) is 6.17. The Morgan fingerprint density at radius 2 is 2.21 bits per heavy atom. The van der Waals surface area contributed by atoms with Gasteiger partial charge in [-0.25, -0.2) is 0 Å². The molecule has 2 N–H and O–H groups in total. The molecule has 0 aromatic heterocycles. The summed E-state index contributed by atoms with van der Waals surface area (Å²) in [6, 6.07) is 8.72. The predicted octanol–water partition coefficient (Wildman–Crippen LogP) is 2.64. The fourth-order valence-corrected chi connectivity index (χ4v) is 2.78. The van der Waals surface area contributed by atoms with Crippen molar-refractivity contribution in [2.45, 2.75) is 39.8 Å². The Morgan fingerprint density at radius 1 is 1.42 bits per heavy atom. The van der Waals surface area contributed by atoms with Crippen LogP contribution in [-0.4, -0.2) is 30.6 Å². The predicted molar refractivity (Wildman–Crippen MR) is 79.3 cm³/mol. The number of nitrogens with two attached hydrogens (primary N) is 1. The van der Waals surface area contributed by atoms with Crippen LogP contribution in [0.3, 0.4) is 0 Å². The molecule has 3 heteroatoms. The summed E-state index contributed by atoms with van der Waals surface area (Å²) < 4.78 is 5.56. The zero-order valence-corrected chi connectivity index (χ0v) is 12.4. The van der Waals surface area contributed by atoms with Crippen LogP contribution in [0.25, 0.3) is 0 Å². The van der Waals surface area contributed by atoms with Crippen molar-refractivity contribution in [3.63, 3.8) is 0 Å². The summed E-state index contributed by atoms with van der Waals surface area (Å²) in [6.45, 7) is 10.4. The van der Waals surface area contributed by atoms with Crippen LogP contribution in [0, 0.1) is 5.41 Å². The molecule has 1 atom stereocenters. The summed E-state index contributed by atoms with van der Waals surface area (Å²) >= 11 is 0. The largest absolute Gasteiger partial charge is 0.494 e. The molecule has 1 aromatic carbocycles. The second kappa shape index (κ2) is 5.93. The molecular formula is C16H26N2O. The first-order valence-electron chi connectivity index (χ1n) is 7.21. The van der Waals surface area contributed by atoms with Crippen molar-refractivity contribution < 1.29 is 4.74 Å². The van der Waals surface area contributed by atoms with Gasteiger partial charge in [0.2, 0.25) is 0 Å². The standard InChI is InChI=1S/C16H26N2O/c1-4-19-14-7-5-6-13(10-14)11-18-9-8-15(17)16(2,3)12-18/h5-7,10,15H,4,8-9,11-12,17H2,1-3H3. The minimum atomic E-state index is 0.204. The molecule has 0 radical (unpaired) electrons. The Morgan fingerprint density at radius 3 is 2.89 bits per heavy atom. The normalized spacial score (nSPS) is 23.3. The average molecular weight is 262 g/mol. The van der Waals surface area contributed by atoms with Gasteiger partial charge in [-0.2, -0.15) is 0 Å². The lowest BCUT2D eigenvalue weighted by Crippen LogP contribution is -2.52. The number of hydrogen-bond donors (Lipinski definition) is 1. The minimum absolute atomic E-state index is 0.204. The van der Waals surface area contributed by atoms with Crippen molar-refractivity contribution in [3.05, 3.63) is 29.8 Å². The molecule has 1 aromatic rings. The SMILES string of the molecule is CCOc1cccc(CN2CCC(N)C(C)(C)C2)c1. The zero-order chi connectivity index (χ0) is 13.9. The molecule has 1 aliphatic heterocycles. The first kappa shape index (κ1) is 14.4. The first-order valence-corrected chi connectivity index (χ1v) is 7.21. The van der Waals surface area contributed by atoms with Crippen molar-refractivity contribution >= 4 is 0 Å². The monoisotopic (exact) mass is 262 g/mol. The van der Waals surface area contributed by atoms with E-state index in [2.05, 4.69) is 36.9 Å². The lowest BCUT2D eigenvalue weighted by Gasteiger charge is -2.42. The molecule has 1 heterocycles. The third-order valence-electron chi connectivity index (χ3n) is 4.01. The summed E-state index contributed by atoms with van der Waals surface area (Å²) in [7, 11) is 0. The lowest BCUT2D eigenvalue weighted by molar-refractivity contribution is 0.0898. The van der Waals surface area contributed by atoms with Crippen molar-refractivity contribution in [1.29, 1.82) is 0 Å². The third kappa shape index (κ3) is 3.71. The van der Waals surface area contributed by atoms with Crippen molar-refractivity contribution in [1.82, 2.24) is 4.90 Å². The fourth-order valence-electron chi connectivity index (χ4n) is 2.78. The second-order valence-corrected chi connectivity index (χ2v) is 6.17. The molecular weight excluding hydrogens is 236 g/mol. The van der Waals surface area contributed by atoms with Crippen LogP contribution in [0.1, 0.15) is 32.8 Å². The van der Waals surface area contributed by atoms with Gasteiger partial charge < -0.3 is 10.5 Å². The molecule has 0 saturated carbocycles. The number of nitrogens with zero attached hydrogens (tertiary/aromatic N) is 1. The van der Waals surface area contributed by atoms with Crippen LogP contribution in [0.4, 0.5) is 0 Å². The Bertz CT molecular complexity index is 417. The van der Waals surface area contributed by atoms with Crippen LogP contribution in [-0.2, 0) is 6.54 Å². The molecule has 0 bridgehead atoms. The van der Waals surface area contributed by atoms with Gasteiger partial charge in [0.05, 0.1) is 6.61 Å². The van der Waals surface area contributed by atoms with E-state index in [1.807, 2.05) is 13.0 Å². The van der Waals surface area contributed by atoms with Crippen LogP contribution in [0.2, 0.25) is 0 Å². The molecule has 0 aliphatic carbocycles. The van der Waals surface area contributed by atoms with E-state index < -0.39 is 0 Å². The van der Waals surface area contributed by atoms with E-state index in [9.17, 15) is 0 Å². The van der Waals surface area contributed by atoms with E-state index >= 15 is 0 Å². The number of hydrogen-bond acceptors (Lipinski definition) is 3. The maximum Gasteiger partial charge on any atom is 0.119 e. The minimum Gasteiger partial charge on any atom is -0.494 e. The van der Waals surface area contributed by atoms with Crippen molar-refractivity contribution in [2.24, 2.45) is 11.1 Å². The topological polar surface area (TPSA) is 38.5 Å². The Labute approximate surface area is 116 Å². The van der Waals surface area contributed by atoms with Crippen molar-refractivity contribution in [2.75, 3.05) is 19.7 Å². The van der Waals surface area contributed by atoms with Gasteiger partial charge in [0.15, 0.2) is 0 Å². The molecule has 19 heavy (non-hydrogen) atoms. The van der Waals surface area contributed by atoms with Gasteiger partial charge in [-0.15, -0.1) is 0 Å². The average Bonchev–Trinajstić information content (AvgIpc) is 2.34. The Balaban J connectivity index is 1.99. The van der Waals surface area contributed by atoms with E-state index in [4.69, 9.17) is 10.5 Å². The number of piperidine rings is 1. The number of rotatable bonds is 4. The smallest absolute Gasteiger partial charge is 0.119 e. The maximum atomic E-state index is 6.19. The highest BCUT2D eigenvalue weighted by Gasteiger charge is 2.33. The van der Waals surface area contributed by atoms with E-state index in [1.165, 1.54) is 5.56 Å². The zero-order valence-electron chi connectivity index (χ0n) is 12.4. The molecule has 1 aliphatic rings. The van der Waals surface area contributed by atoms with Gasteiger partial charge >= 0.3 is 0 Å². The highest BCUT2D eigenvalue weighted by molar-refractivity contribution is 5.28. The van der Waals surface area contributed by atoms with Gasteiger partial charge in [-0.1, -0.05) is 26.0 Å². The first-order chi connectivity index (χ1) is 9.01. The molecule has 1 unspecified atom stereocenters. The van der Waals surface area contributed by atoms with Gasteiger partial charge in [0.25, 0.3) is 0 Å². The lowest BCUT2D eigenvalue weighted by atomic mass is 9.79. The highest BCUT2D eigenvalue weighted by Crippen LogP contribution is 2.28. The van der Waals surface area contributed by atoms with Gasteiger partial charge in [0, 0.05) is 25.7 Å². The Hall–Kier alpha value is -1.06. The molecule has 2 rings (SSSR count). The molecule has 1 saturated heterocycles. The maximum absolute atomic E-state index is 6.19. The summed E-state index contributed by atoms with van der Waals surface area (Å²) in [5.41, 5.74) is 7.71. The fraction of sp³-hybridized carbons (Fsp3) is 0.625. The van der Waals surface area contributed by atoms with E-state index in [0.717, 1.165) is 38.4 Å². The Kier molecular flexibility index (Phi) is 4.48. The summed E-state index contributed by atoms with van der Waals surface area (Å²) in [5.74, 6) is 0.966. The van der Waals surface area contributed by atoms with Crippen LogP contribution >= 0.6 is 0 Å². The molecule has 3 nitrogen and oxygen atoms in total.